The van der Waals surface area contributed by atoms with Gasteiger partial charge in [-0.15, -0.1) is 0 Å². The molecule has 0 aromatic heterocycles. The van der Waals surface area contributed by atoms with Crippen LogP contribution in [0.5, 0.6) is 5.75 Å². The zero-order valence-electron chi connectivity index (χ0n) is 19.1. The number of carbonyl (C=O) groups is 2. The summed E-state index contributed by atoms with van der Waals surface area (Å²) in [4.78, 5) is 28.1. The second-order valence-corrected chi connectivity index (χ2v) is 8.71. The van der Waals surface area contributed by atoms with E-state index in [1.165, 1.54) is 0 Å². The van der Waals surface area contributed by atoms with Gasteiger partial charge in [-0.1, -0.05) is 54.3 Å². The van der Waals surface area contributed by atoms with Crippen LogP contribution in [0.15, 0.2) is 42.5 Å². The predicted octanol–water partition coefficient (Wildman–Crippen LogP) is 4.33. The second-order valence-electron chi connectivity index (χ2n) is 8.71. The summed E-state index contributed by atoms with van der Waals surface area (Å²) in [6.07, 6.45) is 4.61. The van der Waals surface area contributed by atoms with Crippen molar-refractivity contribution in [2.75, 3.05) is 7.11 Å². The Morgan fingerprint density at radius 1 is 1.06 bits per heavy atom. The minimum atomic E-state index is -0.551. The van der Waals surface area contributed by atoms with Crippen molar-refractivity contribution in [3.63, 3.8) is 0 Å². The minimum Gasteiger partial charge on any atom is -0.497 e. The molecule has 31 heavy (non-hydrogen) atoms. The van der Waals surface area contributed by atoms with Gasteiger partial charge < -0.3 is 15.0 Å². The molecule has 1 atom stereocenters. The van der Waals surface area contributed by atoms with E-state index in [0.717, 1.165) is 53.7 Å². The molecule has 0 aliphatic heterocycles. The Bertz CT molecular complexity index is 898. The number of hydrogen-bond donors (Lipinski definition) is 1. The summed E-state index contributed by atoms with van der Waals surface area (Å²) in [6.45, 7) is 6.25. The fraction of sp³-hybridized carbons (Fsp3) is 0.462. The van der Waals surface area contributed by atoms with E-state index >= 15 is 0 Å². The van der Waals surface area contributed by atoms with Crippen molar-refractivity contribution in [3.8, 4) is 5.75 Å². The van der Waals surface area contributed by atoms with Crippen LogP contribution in [0.25, 0.3) is 0 Å². The van der Waals surface area contributed by atoms with Crippen molar-refractivity contribution in [3.05, 3.63) is 64.7 Å². The Morgan fingerprint density at radius 2 is 1.74 bits per heavy atom. The molecular weight excluding hydrogens is 388 g/mol. The molecular formula is C26H34N2O3. The molecule has 1 unspecified atom stereocenters. The van der Waals surface area contributed by atoms with Crippen LogP contribution in [0.1, 0.15) is 54.9 Å². The minimum absolute atomic E-state index is 0.0538. The van der Waals surface area contributed by atoms with Gasteiger partial charge in [0.05, 0.1) is 13.5 Å². The average Bonchev–Trinajstić information content (AvgIpc) is 3.23. The summed E-state index contributed by atoms with van der Waals surface area (Å²) in [5.41, 5.74) is 4.18. The van der Waals surface area contributed by atoms with Crippen LogP contribution < -0.4 is 10.1 Å². The summed E-state index contributed by atoms with van der Waals surface area (Å²) < 4.78 is 5.33. The van der Waals surface area contributed by atoms with Gasteiger partial charge in [-0.05, 0) is 56.9 Å². The zero-order chi connectivity index (χ0) is 22.4. The number of nitrogens with zero attached hydrogens (tertiary/aromatic N) is 1. The maximum Gasteiger partial charge on any atom is 0.242 e. The number of ether oxygens (including phenoxy) is 1. The van der Waals surface area contributed by atoms with Gasteiger partial charge in [-0.25, -0.2) is 0 Å². The molecule has 166 valence electrons. The highest BCUT2D eigenvalue weighted by atomic mass is 16.5. The van der Waals surface area contributed by atoms with E-state index in [1.807, 2.05) is 57.2 Å². The molecule has 0 spiro atoms. The second kappa shape index (κ2) is 10.5. The van der Waals surface area contributed by atoms with E-state index in [2.05, 4.69) is 11.4 Å². The number of amides is 2. The Balaban J connectivity index is 1.80. The maximum absolute atomic E-state index is 13.4. The van der Waals surface area contributed by atoms with Gasteiger partial charge in [0.25, 0.3) is 0 Å². The van der Waals surface area contributed by atoms with Crippen molar-refractivity contribution in [2.24, 2.45) is 0 Å². The summed E-state index contributed by atoms with van der Waals surface area (Å²) in [5, 5.41) is 3.15. The number of aryl methyl sites for hydroxylation is 2. The summed E-state index contributed by atoms with van der Waals surface area (Å²) in [7, 11) is 1.62. The van der Waals surface area contributed by atoms with Gasteiger partial charge in [0.15, 0.2) is 0 Å². The number of rotatable bonds is 8. The fourth-order valence-electron chi connectivity index (χ4n) is 4.39. The molecule has 3 rings (SSSR count). The van der Waals surface area contributed by atoms with Crippen molar-refractivity contribution < 1.29 is 14.3 Å². The van der Waals surface area contributed by atoms with Gasteiger partial charge in [0.1, 0.15) is 11.8 Å². The van der Waals surface area contributed by atoms with Crippen molar-refractivity contribution in [1.82, 2.24) is 10.2 Å². The Labute approximate surface area is 185 Å². The summed E-state index contributed by atoms with van der Waals surface area (Å²) >= 11 is 0. The molecule has 1 N–H and O–H groups in total. The number of hydrogen-bond acceptors (Lipinski definition) is 3. The van der Waals surface area contributed by atoms with Crippen LogP contribution in [0.2, 0.25) is 0 Å². The van der Waals surface area contributed by atoms with E-state index < -0.39 is 6.04 Å². The zero-order valence-corrected chi connectivity index (χ0v) is 19.1. The van der Waals surface area contributed by atoms with Crippen LogP contribution >= 0.6 is 0 Å². The third kappa shape index (κ3) is 6.33. The third-order valence-corrected chi connectivity index (χ3v) is 5.99. The molecule has 2 aromatic rings. The van der Waals surface area contributed by atoms with Crippen LogP contribution in [0.4, 0.5) is 0 Å². The van der Waals surface area contributed by atoms with E-state index in [4.69, 9.17) is 4.74 Å². The highest BCUT2D eigenvalue weighted by Crippen LogP contribution is 2.20. The first-order valence-corrected chi connectivity index (χ1v) is 11.2. The quantitative estimate of drug-likeness (QED) is 0.689. The lowest BCUT2D eigenvalue weighted by atomic mass is 10.0. The number of methoxy groups -OCH3 is 1. The number of benzene rings is 2. The van der Waals surface area contributed by atoms with Gasteiger partial charge in [-0.3, -0.25) is 9.59 Å². The predicted molar refractivity (Wildman–Crippen MR) is 123 cm³/mol. The van der Waals surface area contributed by atoms with Gasteiger partial charge in [0, 0.05) is 12.6 Å². The SMILES string of the molecule is COc1cccc(CN(C(=O)Cc2cc(C)cc(C)c2)C(C)C(=O)NC2CCCC2)c1. The van der Waals surface area contributed by atoms with E-state index in [1.54, 1.807) is 12.0 Å². The summed E-state index contributed by atoms with van der Waals surface area (Å²) in [6, 6.07) is 13.5. The molecule has 2 aromatic carbocycles. The van der Waals surface area contributed by atoms with Crippen molar-refractivity contribution in [2.45, 2.75) is 71.5 Å². The van der Waals surface area contributed by atoms with E-state index in [-0.39, 0.29) is 24.3 Å². The van der Waals surface area contributed by atoms with Crippen LogP contribution in [0, 0.1) is 13.8 Å². The number of nitrogens with one attached hydrogen (secondary N) is 1. The first-order valence-electron chi connectivity index (χ1n) is 11.2. The lowest BCUT2D eigenvalue weighted by Gasteiger charge is -2.30. The third-order valence-electron chi connectivity index (χ3n) is 5.99. The molecule has 5 nitrogen and oxygen atoms in total. The standard InChI is InChI=1S/C26H34N2O3/c1-18-12-19(2)14-22(13-18)16-25(29)28(17-21-8-7-11-24(15-21)31-4)20(3)26(30)27-23-9-5-6-10-23/h7-8,11-15,20,23H,5-6,9-10,16-17H2,1-4H3,(H,27,30). The first-order chi connectivity index (χ1) is 14.9. The maximum atomic E-state index is 13.4. The molecule has 0 heterocycles. The fourth-order valence-corrected chi connectivity index (χ4v) is 4.39. The molecule has 0 radical (unpaired) electrons. The Hall–Kier alpha value is -2.82. The van der Waals surface area contributed by atoms with Crippen LogP contribution in [-0.2, 0) is 22.6 Å². The van der Waals surface area contributed by atoms with E-state index in [9.17, 15) is 9.59 Å². The molecule has 1 aliphatic rings. The lowest BCUT2D eigenvalue weighted by molar-refractivity contribution is -0.140. The lowest BCUT2D eigenvalue weighted by Crippen LogP contribution is -2.50. The van der Waals surface area contributed by atoms with Gasteiger partial charge in [-0.2, -0.15) is 0 Å². The average molecular weight is 423 g/mol. The molecule has 1 aliphatic carbocycles. The Kier molecular flexibility index (Phi) is 7.72. The number of carbonyl (C=O) groups excluding carboxylic acids is 2. The molecule has 1 saturated carbocycles. The highest BCUT2D eigenvalue weighted by molar-refractivity contribution is 5.88. The van der Waals surface area contributed by atoms with Crippen molar-refractivity contribution >= 4 is 11.8 Å². The summed E-state index contributed by atoms with van der Waals surface area (Å²) in [5.74, 6) is 0.604. The van der Waals surface area contributed by atoms with Gasteiger partial charge >= 0.3 is 0 Å². The van der Waals surface area contributed by atoms with Crippen LogP contribution in [-0.4, -0.2) is 35.9 Å². The van der Waals surface area contributed by atoms with Crippen molar-refractivity contribution in [1.29, 1.82) is 0 Å². The monoisotopic (exact) mass is 422 g/mol. The molecule has 0 saturated heterocycles. The van der Waals surface area contributed by atoms with Crippen LogP contribution in [0.3, 0.4) is 0 Å². The first kappa shape index (κ1) is 22.9. The van der Waals surface area contributed by atoms with Gasteiger partial charge in [0.2, 0.25) is 11.8 Å². The smallest absolute Gasteiger partial charge is 0.242 e. The normalized spacial score (nSPS) is 14.8. The molecule has 1 fully saturated rings. The topological polar surface area (TPSA) is 58.6 Å². The molecule has 2 amide bonds. The Morgan fingerprint density at radius 3 is 2.39 bits per heavy atom. The largest absolute Gasteiger partial charge is 0.497 e. The molecule has 5 heteroatoms. The molecule has 0 bridgehead atoms. The highest BCUT2D eigenvalue weighted by Gasteiger charge is 2.28. The van der Waals surface area contributed by atoms with E-state index in [0.29, 0.717) is 6.54 Å².